The van der Waals surface area contributed by atoms with E-state index in [9.17, 15) is 4.79 Å². The van der Waals surface area contributed by atoms with Crippen molar-refractivity contribution in [2.45, 2.75) is 19.2 Å². The molecule has 0 atom stereocenters. The number of imidazole rings is 1. The first-order valence-electron chi connectivity index (χ1n) is 8.59. The maximum atomic E-state index is 12.7. The van der Waals surface area contributed by atoms with E-state index in [1.54, 1.807) is 22.6 Å². The van der Waals surface area contributed by atoms with Crippen molar-refractivity contribution in [1.82, 2.24) is 24.3 Å². The molecule has 1 aromatic carbocycles. The van der Waals surface area contributed by atoms with Crippen molar-refractivity contribution in [2.24, 2.45) is 7.05 Å². The first kappa shape index (κ1) is 17.5. The van der Waals surface area contributed by atoms with Gasteiger partial charge >= 0.3 is 0 Å². The van der Waals surface area contributed by atoms with Crippen LogP contribution in [0.4, 0.5) is 5.69 Å². The number of carbonyl (C=O) groups is 1. The number of aromatic nitrogens is 5. The Balaban J connectivity index is 1.60. The number of pyridine rings is 1. The normalized spacial score (nSPS) is 11.4. The van der Waals surface area contributed by atoms with Crippen LogP contribution in [-0.4, -0.2) is 36.5 Å². The topological polar surface area (TPSA) is 77.6 Å². The molecule has 4 rings (SSSR count). The van der Waals surface area contributed by atoms with Gasteiger partial charge in [0.05, 0.1) is 34.4 Å². The maximum Gasteiger partial charge on any atom is 0.244 e. The Labute approximate surface area is 160 Å². The Morgan fingerprint density at radius 3 is 2.93 bits per heavy atom. The summed E-state index contributed by atoms with van der Waals surface area (Å²) in [4.78, 5) is 21.8. The summed E-state index contributed by atoms with van der Waals surface area (Å²) in [6.07, 6.45) is 3.69. The van der Waals surface area contributed by atoms with Crippen molar-refractivity contribution in [1.29, 1.82) is 0 Å². The van der Waals surface area contributed by atoms with Gasteiger partial charge < -0.3 is 9.88 Å². The fourth-order valence-corrected chi connectivity index (χ4v) is 3.74. The van der Waals surface area contributed by atoms with Gasteiger partial charge in [0.2, 0.25) is 5.91 Å². The molecule has 0 fully saturated rings. The lowest BCUT2D eigenvalue weighted by atomic mass is 10.2. The van der Waals surface area contributed by atoms with Gasteiger partial charge in [-0.1, -0.05) is 12.1 Å². The highest BCUT2D eigenvalue weighted by Crippen LogP contribution is 2.21. The second-order valence-corrected chi connectivity index (χ2v) is 7.25. The quantitative estimate of drug-likeness (QED) is 0.576. The molecule has 0 aliphatic rings. The molecule has 7 nitrogen and oxygen atoms in total. The predicted molar refractivity (Wildman–Crippen MR) is 109 cm³/mol. The summed E-state index contributed by atoms with van der Waals surface area (Å²) >= 11 is 1.69. The number of para-hydroxylation sites is 2. The molecule has 8 heteroatoms. The number of aryl methyl sites for hydroxylation is 2. The molecule has 3 heterocycles. The Morgan fingerprint density at radius 1 is 1.30 bits per heavy atom. The third-order valence-electron chi connectivity index (χ3n) is 4.46. The first-order chi connectivity index (χ1) is 13.1. The molecule has 0 saturated heterocycles. The third kappa shape index (κ3) is 3.28. The number of rotatable bonds is 5. The lowest BCUT2D eigenvalue weighted by Gasteiger charge is -2.09. The molecule has 4 aromatic rings. The van der Waals surface area contributed by atoms with Gasteiger partial charge in [0.25, 0.3) is 0 Å². The monoisotopic (exact) mass is 380 g/mol. The fourth-order valence-electron chi connectivity index (χ4n) is 3.26. The van der Waals surface area contributed by atoms with Crippen LogP contribution >= 0.6 is 11.8 Å². The van der Waals surface area contributed by atoms with Gasteiger partial charge in [0.15, 0.2) is 5.65 Å². The molecule has 0 radical (unpaired) electrons. The minimum Gasteiger partial charge on any atom is -0.323 e. The van der Waals surface area contributed by atoms with Crippen LogP contribution in [-0.2, 0) is 24.1 Å². The van der Waals surface area contributed by atoms with Crippen molar-refractivity contribution < 1.29 is 4.79 Å². The molecule has 1 amide bonds. The van der Waals surface area contributed by atoms with E-state index >= 15 is 0 Å². The average molecular weight is 380 g/mol. The molecule has 27 heavy (non-hydrogen) atoms. The van der Waals surface area contributed by atoms with E-state index in [-0.39, 0.29) is 12.5 Å². The minimum atomic E-state index is -0.108. The van der Waals surface area contributed by atoms with E-state index in [0.29, 0.717) is 5.69 Å². The van der Waals surface area contributed by atoms with Crippen LogP contribution in [0.1, 0.15) is 11.5 Å². The summed E-state index contributed by atoms with van der Waals surface area (Å²) in [7, 11) is 1.86. The van der Waals surface area contributed by atoms with E-state index in [1.165, 1.54) is 0 Å². The number of hydrogen-bond acceptors (Lipinski definition) is 5. The molecule has 3 aromatic heterocycles. The van der Waals surface area contributed by atoms with Crippen LogP contribution < -0.4 is 5.32 Å². The second-order valence-electron chi connectivity index (χ2n) is 6.39. The van der Waals surface area contributed by atoms with E-state index in [4.69, 9.17) is 0 Å². The summed E-state index contributed by atoms with van der Waals surface area (Å²) in [6.45, 7) is 2.14. The Hall–Kier alpha value is -2.87. The zero-order chi connectivity index (χ0) is 19.0. The highest BCUT2D eigenvalue weighted by atomic mass is 32.2. The lowest BCUT2D eigenvalue weighted by molar-refractivity contribution is -0.116. The van der Waals surface area contributed by atoms with Crippen molar-refractivity contribution >= 4 is 45.4 Å². The smallest absolute Gasteiger partial charge is 0.244 e. The molecule has 0 spiro atoms. The van der Waals surface area contributed by atoms with Gasteiger partial charge in [-0.2, -0.15) is 16.9 Å². The molecular formula is C19H20N6OS. The third-order valence-corrected chi connectivity index (χ3v) is 5.00. The zero-order valence-corrected chi connectivity index (χ0v) is 16.2. The molecule has 1 N–H and O–H groups in total. The predicted octanol–water partition coefficient (Wildman–Crippen LogP) is 3.13. The maximum absolute atomic E-state index is 12.7. The number of amides is 1. The van der Waals surface area contributed by atoms with Crippen molar-refractivity contribution in [3.63, 3.8) is 0 Å². The van der Waals surface area contributed by atoms with E-state index in [1.807, 2.05) is 55.1 Å². The summed E-state index contributed by atoms with van der Waals surface area (Å²) in [5, 5.41) is 8.25. The lowest BCUT2D eigenvalue weighted by Crippen LogP contribution is -2.20. The average Bonchev–Trinajstić information content (AvgIpc) is 3.13. The summed E-state index contributed by atoms with van der Waals surface area (Å²) < 4.78 is 3.71. The Morgan fingerprint density at radius 2 is 2.11 bits per heavy atom. The van der Waals surface area contributed by atoms with Crippen LogP contribution in [0.2, 0.25) is 0 Å². The van der Waals surface area contributed by atoms with Gasteiger partial charge in [-0.3, -0.25) is 9.48 Å². The molecule has 0 aliphatic carbocycles. The molecule has 0 bridgehead atoms. The van der Waals surface area contributed by atoms with Crippen molar-refractivity contribution in [3.05, 3.63) is 48.0 Å². The number of thioether (sulfide) groups is 1. The van der Waals surface area contributed by atoms with Gasteiger partial charge in [0.1, 0.15) is 12.4 Å². The highest BCUT2D eigenvalue weighted by Gasteiger charge is 2.14. The summed E-state index contributed by atoms with van der Waals surface area (Å²) in [5.41, 5.74) is 4.23. The largest absolute Gasteiger partial charge is 0.323 e. The fraction of sp³-hybridized carbons (Fsp3) is 0.263. The van der Waals surface area contributed by atoms with Gasteiger partial charge in [0, 0.05) is 12.4 Å². The number of fused-ring (bicyclic) bond motifs is 2. The number of benzene rings is 1. The Kier molecular flexibility index (Phi) is 4.57. The standard InChI is InChI=1S/C19H20N6OS/c1-12-14-8-13(9-20-19(14)24(2)23-12)21-18(26)10-25-16-7-5-4-6-15(16)22-17(25)11-27-3/h4-9H,10-11H2,1-3H3,(H,21,26). The SMILES string of the molecule is CSCc1nc2ccccc2n1CC(=O)Nc1cnc2c(c1)c(C)nn2C. The van der Waals surface area contributed by atoms with Crippen molar-refractivity contribution in [2.75, 3.05) is 11.6 Å². The molecular weight excluding hydrogens is 360 g/mol. The number of carbonyl (C=O) groups excluding carboxylic acids is 1. The number of hydrogen-bond donors (Lipinski definition) is 1. The molecule has 0 aliphatic heterocycles. The summed E-state index contributed by atoms with van der Waals surface area (Å²) in [6, 6.07) is 9.80. The van der Waals surface area contributed by atoms with Crippen LogP contribution in [0.15, 0.2) is 36.5 Å². The van der Waals surface area contributed by atoms with Gasteiger partial charge in [-0.05, 0) is 31.4 Å². The number of nitrogens with zero attached hydrogens (tertiary/aromatic N) is 5. The number of nitrogens with one attached hydrogen (secondary N) is 1. The van der Waals surface area contributed by atoms with E-state index in [2.05, 4.69) is 20.4 Å². The van der Waals surface area contributed by atoms with Crippen LogP contribution in [0.5, 0.6) is 0 Å². The highest BCUT2D eigenvalue weighted by molar-refractivity contribution is 7.97. The second kappa shape index (κ2) is 7.03. The Bertz CT molecular complexity index is 1150. The van der Waals surface area contributed by atoms with Crippen LogP contribution in [0.25, 0.3) is 22.1 Å². The molecule has 0 unspecified atom stereocenters. The summed E-state index contributed by atoms with van der Waals surface area (Å²) in [5.74, 6) is 1.54. The van der Waals surface area contributed by atoms with Crippen LogP contribution in [0.3, 0.4) is 0 Å². The van der Waals surface area contributed by atoms with E-state index < -0.39 is 0 Å². The zero-order valence-electron chi connectivity index (χ0n) is 15.4. The molecule has 0 saturated carbocycles. The van der Waals surface area contributed by atoms with Gasteiger partial charge in [-0.25, -0.2) is 9.97 Å². The van der Waals surface area contributed by atoms with Crippen LogP contribution in [0, 0.1) is 6.92 Å². The first-order valence-corrected chi connectivity index (χ1v) is 9.98. The molecule has 138 valence electrons. The van der Waals surface area contributed by atoms with Gasteiger partial charge in [-0.15, -0.1) is 0 Å². The van der Waals surface area contributed by atoms with E-state index in [0.717, 1.165) is 39.3 Å². The number of anilines is 1. The van der Waals surface area contributed by atoms with Crippen molar-refractivity contribution in [3.8, 4) is 0 Å². The minimum absolute atomic E-state index is 0.108.